The Labute approximate surface area is 123 Å². The number of nitrogens with one attached hydrogen (secondary N) is 1. The van der Waals surface area contributed by atoms with Gasteiger partial charge in [0.2, 0.25) is 0 Å². The fourth-order valence-electron chi connectivity index (χ4n) is 1.95. The Kier molecular flexibility index (Phi) is 4.29. The standard InChI is InChI=1S/C15H16FNO3S/c1-10-3-4-12(9-18)8-15(10)21(19,20)17-13-5-6-14(16)11(2)7-13/h3-8,17-18H,9H2,1-2H3. The highest BCUT2D eigenvalue weighted by Crippen LogP contribution is 2.22. The first-order valence-corrected chi connectivity index (χ1v) is 7.81. The summed E-state index contributed by atoms with van der Waals surface area (Å²) in [5.74, 6) is -0.392. The number of aryl methyl sites for hydroxylation is 2. The molecule has 2 aromatic carbocycles. The van der Waals surface area contributed by atoms with Gasteiger partial charge in [-0.15, -0.1) is 0 Å². The van der Waals surface area contributed by atoms with Crippen LogP contribution >= 0.6 is 0 Å². The monoisotopic (exact) mass is 309 g/mol. The number of benzene rings is 2. The smallest absolute Gasteiger partial charge is 0.262 e. The number of aliphatic hydroxyl groups excluding tert-OH is 1. The number of halogens is 1. The Hall–Kier alpha value is -1.92. The highest BCUT2D eigenvalue weighted by atomic mass is 32.2. The Bertz CT molecular complexity index is 772. The van der Waals surface area contributed by atoms with Crippen LogP contribution in [-0.2, 0) is 16.6 Å². The molecule has 0 aliphatic carbocycles. The summed E-state index contributed by atoms with van der Waals surface area (Å²) in [4.78, 5) is 0.0935. The molecule has 0 aliphatic rings. The predicted molar refractivity (Wildman–Crippen MR) is 79.0 cm³/mol. The van der Waals surface area contributed by atoms with Crippen molar-refractivity contribution >= 4 is 15.7 Å². The molecule has 0 aliphatic heterocycles. The van der Waals surface area contributed by atoms with E-state index in [1.807, 2.05) is 0 Å². The van der Waals surface area contributed by atoms with E-state index in [9.17, 15) is 12.8 Å². The van der Waals surface area contributed by atoms with Crippen molar-refractivity contribution in [1.29, 1.82) is 0 Å². The summed E-state index contributed by atoms with van der Waals surface area (Å²) in [6, 6.07) is 8.73. The van der Waals surface area contributed by atoms with Crippen LogP contribution in [0.3, 0.4) is 0 Å². The fraction of sp³-hybridized carbons (Fsp3) is 0.200. The molecule has 2 aromatic rings. The van der Waals surface area contributed by atoms with Gasteiger partial charge in [0.15, 0.2) is 0 Å². The van der Waals surface area contributed by atoms with E-state index in [0.717, 1.165) is 0 Å². The van der Waals surface area contributed by atoms with Crippen molar-refractivity contribution in [2.24, 2.45) is 0 Å². The minimum absolute atomic E-state index is 0.0935. The van der Waals surface area contributed by atoms with Crippen LogP contribution in [0.5, 0.6) is 0 Å². The minimum atomic E-state index is -3.79. The highest BCUT2D eigenvalue weighted by molar-refractivity contribution is 7.92. The first kappa shape index (κ1) is 15.5. The van der Waals surface area contributed by atoms with Gasteiger partial charge in [0.05, 0.1) is 11.5 Å². The molecule has 0 unspecified atom stereocenters. The van der Waals surface area contributed by atoms with Gasteiger partial charge in [0.1, 0.15) is 5.82 Å². The van der Waals surface area contributed by atoms with Crippen LogP contribution < -0.4 is 4.72 Å². The Morgan fingerprint density at radius 2 is 1.81 bits per heavy atom. The molecule has 0 radical (unpaired) electrons. The summed E-state index contributed by atoms with van der Waals surface area (Å²) in [6.07, 6.45) is 0. The summed E-state index contributed by atoms with van der Waals surface area (Å²) in [5, 5.41) is 9.12. The van der Waals surface area contributed by atoms with E-state index in [4.69, 9.17) is 5.11 Å². The molecule has 6 heteroatoms. The van der Waals surface area contributed by atoms with Crippen molar-refractivity contribution in [2.45, 2.75) is 25.3 Å². The molecular formula is C15H16FNO3S. The van der Waals surface area contributed by atoms with E-state index in [1.165, 1.54) is 24.3 Å². The zero-order valence-electron chi connectivity index (χ0n) is 11.7. The Morgan fingerprint density at radius 3 is 2.43 bits per heavy atom. The van der Waals surface area contributed by atoms with Gasteiger partial charge in [-0.3, -0.25) is 4.72 Å². The van der Waals surface area contributed by atoms with Crippen molar-refractivity contribution in [3.05, 3.63) is 58.9 Å². The van der Waals surface area contributed by atoms with Gasteiger partial charge in [0, 0.05) is 5.69 Å². The van der Waals surface area contributed by atoms with E-state index in [2.05, 4.69) is 4.72 Å². The lowest BCUT2D eigenvalue weighted by Gasteiger charge is -2.12. The van der Waals surface area contributed by atoms with Gasteiger partial charge in [-0.2, -0.15) is 0 Å². The van der Waals surface area contributed by atoms with E-state index < -0.39 is 15.8 Å². The van der Waals surface area contributed by atoms with Gasteiger partial charge >= 0.3 is 0 Å². The SMILES string of the molecule is Cc1cc(NS(=O)(=O)c2cc(CO)ccc2C)ccc1F. The van der Waals surface area contributed by atoms with Crippen molar-refractivity contribution in [1.82, 2.24) is 0 Å². The molecule has 0 fully saturated rings. The van der Waals surface area contributed by atoms with Crippen LogP contribution in [0.15, 0.2) is 41.3 Å². The number of hydrogen-bond donors (Lipinski definition) is 2. The molecule has 112 valence electrons. The van der Waals surface area contributed by atoms with Crippen LogP contribution in [-0.4, -0.2) is 13.5 Å². The summed E-state index contributed by atoms with van der Waals surface area (Å²) in [7, 11) is -3.79. The Balaban J connectivity index is 2.40. The quantitative estimate of drug-likeness (QED) is 0.912. The minimum Gasteiger partial charge on any atom is -0.392 e. The van der Waals surface area contributed by atoms with Gasteiger partial charge in [0.25, 0.3) is 10.0 Å². The maximum Gasteiger partial charge on any atom is 0.262 e. The van der Waals surface area contributed by atoms with Crippen LogP contribution in [0.4, 0.5) is 10.1 Å². The number of hydrogen-bond acceptors (Lipinski definition) is 3. The first-order valence-electron chi connectivity index (χ1n) is 6.33. The van der Waals surface area contributed by atoms with Crippen molar-refractivity contribution in [3.8, 4) is 0 Å². The third-order valence-electron chi connectivity index (χ3n) is 3.13. The predicted octanol–water partition coefficient (Wildman–Crippen LogP) is 2.74. The molecule has 2 N–H and O–H groups in total. The van der Waals surface area contributed by atoms with Crippen molar-refractivity contribution in [3.63, 3.8) is 0 Å². The lowest BCUT2D eigenvalue weighted by molar-refractivity contribution is 0.281. The van der Waals surface area contributed by atoms with E-state index in [-0.39, 0.29) is 11.5 Å². The molecule has 0 spiro atoms. The molecule has 0 aromatic heterocycles. The second kappa shape index (κ2) is 5.83. The third-order valence-corrected chi connectivity index (χ3v) is 4.66. The molecule has 0 amide bonds. The van der Waals surface area contributed by atoms with E-state index >= 15 is 0 Å². The molecule has 0 atom stereocenters. The number of sulfonamides is 1. The maximum atomic E-state index is 13.2. The van der Waals surface area contributed by atoms with Crippen LogP contribution in [0.1, 0.15) is 16.7 Å². The van der Waals surface area contributed by atoms with E-state index in [0.29, 0.717) is 22.4 Å². The molecule has 0 saturated carbocycles. The second-order valence-corrected chi connectivity index (χ2v) is 6.48. The Morgan fingerprint density at radius 1 is 1.10 bits per heavy atom. The zero-order chi connectivity index (χ0) is 15.6. The van der Waals surface area contributed by atoms with Crippen molar-refractivity contribution in [2.75, 3.05) is 4.72 Å². The molecule has 0 bridgehead atoms. The van der Waals surface area contributed by atoms with Crippen LogP contribution in [0.25, 0.3) is 0 Å². The van der Waals surface area contributed by atoms with Gasteiger partial charge in [-0.1, -0.05) is 12.1 Å². The number of aliphatic hydroxyl groups is 1. The molecule has 0 saturated heterocycles. The first-order chi connectivity index (χ1) is 9.83. The topological polar surface area (TPSA) is 66.4 Å². The average Bonchev–Trinajstić information content (AvgIpc) is 2.43. The van der Waals surface area contributed by atoms with Crippen molar-refractivity contribution < 1.29 is 17.9 Å². The molecule has 4 nitrogen and oxygen atoms in total. The van der Waals surface area contributed by atoms with Gasteiger partial charge in [-0.25, -0.2) is 12.8 Å². The fourth-order valence-corrected chi connectivity index (χ4v) is 3.30. The maximum absolute atomic E-state index is 13.2. The molecule has 21 heavy (non-hydrogen) atoms. The van der Waals surface area contributed by atoms with Crippen LogP contribution in [0, 0.1) is 19.7 Å². The summed E-state index contributed by atoms with van der Waals surface area (Å²) in [5.41, 5.74) is 1.73. The average molecular weight is 309 g/mol. The number of anilines is 1. The number of rotatable bonds is 4. The zero-order valence-corrected chi connectivity index (χ0v) is 12.5. The lowest BCUT2D eigenvalue weighted by Crippen LogP contribution is -2.15. The molecular weight excluding hydrogens is 293 g/mol. The summed E-state index contributed by atoms with van der Waals surface area (Å²) in [6.45, 7) is 2.99. The third kappa shape index (κ3) is 3.40. The van der Waals surface area contributed by atoms with E-state index in [1.54, 1.807) is 26.0 Å². The largest absolute Gasteiger partial charge is 0.392 e. The van der Waals surface area contributed by atoms with Gasteiger partial charge in [-0.05, 0) is 54.8 Å². The van der Waals surface area contributed by atoms with Crippen LogP contribution in [0.2, 0.25) is 0 Å². The molecule has 2 rings (SSSR count). The molecule has 0 heterocycles. The lowest BCUT2D eigenvalue weighted by atomic mass is 10.2. The summed E-state index contributed by atoms with van der Waals surface area (Å²) >= 11 is 0. The summed E-state index contributed by atoms with van der Waals surface area (Å²) < 4.78 is 40.4. The normalized spacial score (nSPS) is 11.4. The highest BCUT2D eigenvalue weighted by Gasteiger charge is 2.17. The second-order valence-electron chi connectivity index (χ2n) is 4.83. The van der Waals surface area contributed by atoms with Gasteiger partial charge < -0.3 is 5.11 Å².